The molecule has 0 aliphatic carbocycles. The van der Waals surface area contributed by atoms with Crippen LogP contribution in [0.2, 0.25) is 0 Å². The number of benzene rings is 1. The van der Waals surface area contributed by atoms with E-state index < -0.39 is 41.6 Å². The minimum atomic E-state index is -1.03. The molecule has 9 heteroatoms. The highest BCUT2D eigenvalue weighted by molar-refractivity contribution is 5.93. The van der Waals surface area contributed by atoms with Gasteiger partial charge in [0.2, 0.25) is 11.8 Å². The Balaban J connectivity index is 3.33. The molecule has 1 aromatic carbocycles. The second-order valence-corrected chi connectivity index (χ2v) is 9.58. The number of hydrogen-bond acceptors (Lipinski definition) is 6. The molecule has 0 aliphatic heterocycles. The molecule has 3 unspecified atom stereocenters. The third kappa shape index (κ3) is 8.68. The van der Waals surface area contributed by atoms with Crippen LogP contribution in [-0.4, -0.2) is 61.1 Å². The van der Waals surface area contributed by atoms with Gasteiger partial charge in [0.05, 0.1) is 7.11 Å². The largest absolute Gasteiger partial charge is 0.468 e. The lowest BCUT2D eigenvalue weighted by Gasteiger charge is -2.33. The van der Waals surface area contributed by atoms with E-state index in [1.54, 1.807) is 20.8 Å². The Morgan fingerprint density at radius 1 is 1.06 bits per heavy atom. The molecule has 34 heavy (non-hydrogen) atoms. The zero-order valence-corrected chi connectivity index (χ0v) is 21.8. The second-order valence-electron chi connectivity index (χ2n) is 9.58. The highest BCUT2D eigenvalue weighted by Crippen LogP contribution is 2.25. The summed E-state index contributed by atoms with van der Waals surface area (Å²) in [6.45, 7) is 12.4. The van der Waals surface area contributed by atoms with Crippen molar-refractivity contribution < 1.29 is 28.7 Å². The van der Waals surface area contributed by atoms with Gasteiger partial charge in [-0.2, -0.15) is 0 Å². The molecule has 2 N–H and O–H groups in total. The molecular formula is C25H39N3O6. The molecule has 0 aliphatic rings. The van der Waals surface area contributed by atoms with E-state index in [0.29, 0.717) is 12.0 Å². The van der Waals surface area contributed by atoms with Crippen molar-refractivity contribution in [3.63, 3.8) is 0 Å². The standard InChI is InChI=1S/C25H39N3O6/c1-10-17(4)20(27-24(32)34-25(5,6)7)23(31)28(8)21(22(30)26-14-19(29)33-9)18-12-15(2)11-16(3)13-18/h11-13,17,20-21H,10,14H2,1-9H3,(H,26,30)(H,27,32). The van der Waals surface area contributed by atoms with Gasteiger partial charge in [0.1, 0.15) is 24.2 Å². The number of aryl methyl sites for hydroxylation is 2. The quantitative estimate of drug-likeness (QED) is 0.529. The van der Waals surface area contributed by atoms with E-state index in [1.807, 2.05) is 45.9 Å². The van der Waals surface area contributed by atoms with Crippen LogP contribution in [0.25, 0.3) is 0 Å². The predicted octanol–water partition coefficient (Wildman–Crippen LogP) is 3.03. The third-order valence-electron chi connectivity index (χ3n) is 5.33. The average Bonchev–Trinajstić information content (AvgIpc) is 2.72. The molecule has 0 fully saturated rings. The Morgan fingerprint density at radius 3 is 2.09 bits per heavy atom. The number of nitrogens with one attached hydrogen (secondary N) is 2. The van der Waals surface area contributed by atoms with Crippen molar-refractivity contribution in [1.29, 1.82) is 0 Å². The number of likely N-dealkylation sites (N-methyl/N-ethyl adjacent to an activating group) is 1. The van der Waals surface area contributed by atoms with Crippen LogP contribution in [0.15, 0.2) is 18.2 Å². The summed E-state index contributed by atoms with van der Waals surface area (Å²) in [7, 11) is 2.74. The summed E-state index contributed by atoms with van der Waals surface area (Å²) in [5, 5.41) is 5.22. The first-order valence-corrected chi connectivity index (χ1v) is 11.4. The number of rotatable bonds is 9. The molecule has 0 bridgehead atoms. The van der Waals surface area contributed by atoms with Crippen LogP contribution in [0.4, 0.5) is 4.79 Å². The first-order chi connectivity index (χ1) is 15.7. The topological polar surface area (TPSA) is 114 Å². The van der Waals surface area contributed by atoms with E-state index in [1.165, 1.54) is 19.1 Å². The first-order valence-electron chi connectivity index (χ1n) is 11.4. The normalized spacial score (nSPS) is 13.8. The van der Waals surface area contributed by atoms with E-state index in [2.05, 4.69) is 15.4 Å². The molecule has 0 spiro atoms. The molecule has 0 saturated heterocycles. The van der Waals surface area contributed by atoms with Gasteiger partial charge in [0.25, 0.3) is 0 Å². The zero-order valence-electron chi connectivity index (χ0n) is 21.8. The Kier molecular flexibility index (Phi) is 10.5. The third-order valence-corrected chi connectivity index (χ3v) is 5.33. The monoisotopic (exact) mass is 477 g/mol. The lowest BCUT2D eigenvalue weighted by molar-refractivity contribution is -0.144. The molecule has 9 nitrogen and oxygen atoms in total. The number of carbonyl (C=O) groups excluding carboxylic acids is 4. The van der Waals surface area contributed by atoms with Gasteiger partial charge in [-0.1, -0.05) is 49.6 Å². The molecule has 3 atom stereocenters. The van der Waals surface area contributed by atoms with E-state index in [-0.39, 0.29) is 12.5 Å². The van der Waals surface area contributed by atoms with E-state index >= 15 is 0 Å². The van der Waals surface area contributed by atoms with Gasteiger partial charge in [-0.15, -0.1) is 0 Å². The Bertz CT molecular complexity index is 873. The van der Waals surface area contributed by atoms with E-state index in [9.17, 15) is 19.2 Å². The highest BCUT2D eigenvalue weighted by atomic mass is 16.6. The van der Waals surface area contributed by atoms with Crippen molar-refractivity contribution >= 4 is 23.9 Å². The van der Waals surface area contributed by atoms with Gasteiger partial charge in [-0.25, -0.2) is 4.79 Å². The molecule has 0 aromatic heterocycles. The molecular weight excluding hydrogens is 438 g/mol. The van der Waals surface area contributed by atoms with Crippen LogP contribution in [0.5, 0.6) is 0 Å². The number of amides is 3. The summed E-state index contributed by atoms with van der Waals surface area (Å²) >= 11 is 0. The molecule has 1 aromatic rings. The maximum atomic E-state index is 13.6. The Morgan fingerprint density at radius 2 is 1.62 bits per heavy atom. The maximum absolute atomic E-state index is 13.6. The molecule has 1 rings (SSSR count). The number of methoxy groups -OCH3 is 1. The highest BCUT2D eigenvalue weighted by Gasteiger charge is 2.36. The molecule has 0 radical (unpaired) electrons. The lowest BCUT2D eigenvalue weighted by Crippen LogP contribution is -2.54. The smallest absolute Gasteiger partial charge is 0.408 e. The van der Waals surface area contributed by atoms with Crippen LogP contribution in [0.3, 0.4) is 0 Å². The molecule has 0 heterocycles. The number of ether oxygens (including phenoxy) is 2. The number of esters is 1. The fourth-order valence-electron chi connectivity index (χ4n) is 3.51. The summed E-state index contributed by atoms with van der Waals surface area (Å²) in [5.41, 5.74) is 1.71. The van der Waals surface area contributed by atoms with Crippen LogP contribution in [0, 0.1) is 19.8 Å². The summed E-state index contributed by atoms with van der Waals surface area (Å²) in [5.74, 6) is -1.81. The van der Waals surface area contributed by atoms with Crippen molar-refractivity contribution in [2.24, 2.45) is 5.92 Å². The zero-order chi connectivity index (χ0) is 26.2. The van der Waals surface area contributed by atoms with Gasteiger partial charge in [-0.05, 0) is 46.1 Å². The van der Waals surface area contributed by atoms with Crippen molar-refractivity contribution in [2.75, 3.05) is 20.7 Å². The van der Waals surface area contributed by atoms with Crippen molar-refractivity contribution in [1.82, 2.24) is 15.5 Å². The van der Waals surface area contributed by atoms with Crippen molar-refractivity contribution in [3.8, 4) is 0 Å². The second kappa shape index (κ2) is 12.4. The fourth-order valence-corrected chi connectivity index (χ4v) is 3.51. The van der Waals surface area contributed by atoms with E-state index in [4.69, 9.17) is 4.74 Å². The van der Waals surface area contributed by atoms with Gasteiger partial charge >= 0.3 is 12.1 Å². The van der Waals surface area contributed by atoms with Gasteiger partial charge < -0.3 is 25.0 Å². The van der Waals surface area contributed by atoms with Crippen LogP contribution in [-0.2, 0) is 23.9 Å². The SMILES string of the molecule is CCC(C)C(NC(=O)OC(C)(C)C)C(=O)N(C)C(C(=O)NCC(=O)OC)c1cc(C)cc(C)c1. The number of hydrogen-bond donors (Lipinski definition) is 2. The number of nitrogens with zero attached hydrogens (tertiary/aromatic N) is 1. The fraction of sp³-hybridized carbons (Fsp3) is 0.600. The average molecular weight is 478 g/mol. The van der Waals surface area contributed by atoms with Crippen molar-refractivity contribution in [3.05, 3.63) is 34.9 Å². The van der Waals surface area contributed by atoms with Crippen molar-refractivity contribution in [2.45, 2.75) is 72.6 Å². The summed E-state index contributed by atoms with van der Waals surface area (Å²) in [4.78, 5) is 52.1. The summed E-state index contributed by atoms with van der Waals surface area (Å²) in [6.07, 6.45) is -0.0966. The molecule has 0 saturated carbocycles. The predicted molar refractivity (Wildman–Crippen MR) is 129 cm³/mol. The minimum Gasteiger partial charge on any atom is -0.468 e. The first kappa shape index (κ1) is 28.9. The summed E-state index contributed by atoms with van der Waals surface area (Å²) < 4.78 is 9.95. The van der Waals surface area contributed by atoms with Gasteiger partial charge in [0, 0.05) is 7.05 Å². The number of carbonyl (C=O) groups is 4. The van der Waals surface area contributed by atoms with Crippen LogP contribution < -0.4 is 10.6 Å². The molecule has 3 amide bonds. The Hall–Kier alpha value is -3.10. The lowest BCUT2D eigenvalue weighted by atomic mass is 9.95. The van der Waals surface area contributed by atoms with Crippen LogP contribution >= 0.6 is 0 Å². The van der Waals surface area contributed by atoms with Gasteiger partial charge in [-0.3, -0.25) is 14.4 Å². The van der Waals surface area contributed by atoms with Gasteiger partial charge in [0.15, 0.2) is 0 Å². The van der Waals surface area contributed by atoms with E-state index in [0.717, 1.165) is 11.1 Å². The summed E-state index contributed by atoms with van der Waals surface area (Å²) in [6, 6.07) is 3.66. The molecule has 190 valence electrons. The van der Waals surface area contributed by atoms with Crippen LogP contribution in [0.1, 0.15) is 63.8 Å². The Labute approximate surface area is 202 Å². The maximum Gasteiger partial charge on any atom is 0.408 e. The minimum absolute atomic E-state index is 0.222. The number of alkyl carbamates (subject to hydrolysis) is 1.